The maximum Gasteiger partial charge on any atom is 0.0593 e. The van der Waals surface area contributed by atoms with Gasteiger partial charge in [-0.2, -0.15) is 0 Å². The number of hydrogen-bond donors (Lipinski definition) is 1. The summed E-state index contributed by atoms with van der Waals surface area (Å²) in [6.07, 6.45) is 6.84. The SMILES string of the molecule is CC1CCCCC1NCCN1CCCOCC1. The Kier molecular flexibility index (Phi) is 5.75. The summed E-state index contributed by atoms with van der Waals surface area (Å²) in [6.45, 7) is 8.92. The summed E-state index contributed by atoms with van der Waals surface area (Å²) < 4.78 is 5.48. The monoisotopic (exact) mass is 240 g/mol. The summed E-state index contributed by atoms with van der Waals surface area (Å²) in [4.78, 5) is 2.54. The van der Waals surface area contributed by atoms with E-state index < -0.39 is 0 Å². The fourth-order valence-corrected chi connectivity index (χ4v) is 3.05. The molecule has 1 saturated carbocycles. The normalized spacial score (nSPS) is 32.3. The lowest BCUT2D eigenvalue weighted by Gasteiger charge is -2.30. The number of nitrogens with one attached hydrogen (secondary N) is 1. The molecule has 0 bridgehead atoms. The molecule has 17 heavy (non-hydrogen) atoms. The molecule has 1 saturated heterocycles. The van der Waals surface area contributed by atoms with Crippen LogP contribution in [0.1, 0.15) is 39.0 Å². The van der Waals surface area contributed by atoms with Gasteiger partial charge in [0.1, 0.15) is 0 Å². The van der Waals surface area contributed by atoms with Crippen LogP contribution in [-0.4, -0.2) is 50.3 Å². The van der Waals surface area contributed by atoms with Crippen LogP contribution in [0.15, 0.2) is 0 Å². The maximum absolute atomic E-state index is 5.48. The van der Waals surface area contributed by atoms with E-state index in [2.05, 4.69) is 17.1 Å². The fourth-order valence-electron chi connectivity index (χ4n) is 3.05. The molecule has 0 aromatic rings. The zero-order valence-corrected chi connectivity index (χ0v) is 11.3. The van der Waals surface area contributed by atoms with Gasteiger partial charge in [-0.1, -0.05) is 19.8 Å². The summed E-state index contributed by atoms with van der Waals surface area (Å²) in [5, 5.41) is 3.76. The number of hydrogen-bond acceptors (Lipinski definition) is 3. The smallest absolute Gasteiger partial charge is 0.0593 e. The topological polar surface area (TPSA) is 24.5 Å². The third-order valence-corrected chi connectivity index (χ3v) is 4.26. The van der Waals surface area contributed by atoms with E-state index >= 15 is 0 Å². The van der Waals surface area contributed by atoms with Crippen LogP contribution in [0.4, 0.5) is 0 Å². The summed E-state index contributed by atoms with van der Waals surface area (Å²) in [7, 11) is 0. The van der Waals surface area contributed by atoms with Gasteiger partial charge in [0.25, 0.3) is 0 Å². The number of ether oxygens (including phenoxy) is 1. The highest BCUT2D eigenvalue weighted by atomic mass is 16.5. The molecule has 0 aromatic heterocycles. The fraction of sp³-hybridized carbons (Fsp3) is 1.00. The van der Waals surface area contributed by atoms with Crippen LogP contribution in [0, 0.1) is 5.92 Å². The van der Waals surface area contributed by atoms with Crippen molar-refractivity contribution in [2.45, 2.75) is 45.1 Å². The minimum atomic E-state index is 0.770. The van der Waals surface area contributed by atoms with Crippen LogP contribution in [0.25, 0.3) is 0 Å². The third kappa shape index (κ3) is 4.57. The zero-order chi connectivity index (χ0) is 11.9. The van der Waals surface area contributed by atoms with E-state index in [0.717, 1.165) is 38.3 Å². The van der Waals surface area contributed by atoms with Crippen molar-refractivity contribution >= 4 is 0 Å². The second-order valence-electron chi connectivity index (χ2n) is 5.63. The predicted molar refractivity (Wildman–Crippen MR) is 71.3 cm³/mol. The third-order valence-electron chi connectivity index (χ3n) is 4.26. The highest BCUT2D eigenvalue weighted by Gasteiger charge is 2.20. The first-order valence-corrected chi connectivity index (χ1v) is 7.40. The highest BCUT2D eigenvalue weighted by Crippen LogP contribution is 2.23. The largest absolute Gasteiger partial charge is 0.380 e. The Bertz CT molecular complexity index is 202. The van der Waals surface area contributed by atoms with Crippen LogP contribution < -0.4 is 5.32 Å². The molecule has 0 aromatic carbocycles. The summed E-state index contributed by atoms with van der Waals surface area (Å²) in [6, 6.07) is 0.770. The molecule has 0 radical (unpaired) electrons. The van der Waals surface area contributed by atoms with Gasteiger partial charge in [0.05, 0.1) is 6.61 Å². The molecule has 2 atom stereocenters. The zero-order valence-electron chi connectivity index (χ0n) is 11.3. The first kappa shape index (κ1) is 13.3. The van der Waals surface area contributed by atoms with Crippen molar-refractivity contribution < 1.29 is 4.74 Å². The van der Waals surface area contributed by atoms with E-state index in [-0.39, 0.29) is 0 Å². The molecule has 100 valence electrons. The molecule has 2 unspecified atom stereocenters. The molecule has 1 heterocycles. The first-order chi connectivity index (χ1) is 8.36. The molecular weight excluding hydrogens is 212 g/mol. The van der Waals surface area contributed by atoms with Gasteiger partial charge in [0.15, 0.2) is 0 Å². The Morgan fingerprint density at radius 1 is 1.12 bits per heavy atom. The van der Waals surface area contributed by atoms with E-state index in [9.17, 15) is 0 Å². The van der Waals surface area contributed by atoms with Crippen molar-refractivity contribution in [3.8, 4) is 0 Å². The first-order valence-electron chi connectivity index (χ1n) is 7.40. The van der Waals surface area contributed by atoms with E-state index in [1.807, 2.05) is 0 Å². The van der Waals surface area contributed by atoms with E-state index in [1.165, 1.54) is 45.2 Å². The Labute approximate surface area is 106 Å². The molecule has 3 nitrogen and oxygen atoms in total. The molecule has 0 spiro atoms. The molecule has 1 aliphatic carbocycles. The van der Waals surface area contributed by atoms with Gasteiger partial charge in [0, 0.05) is 38.8 Å². The average molecular weight is 240 g/mol. The highest BCUT2D eigenvalue weighted by molar-refractivity contribution is 4.78. The average Bonchev–Trinajstić information content (AvgIpc) is 2.60. The van der Waals surface area contributed by atoms with Crippen molar-refractivity contribution in [2.24, 2.45) is 5.92 Å². The Morgan fingerprint density at radius 3 is 2.88 bits per heavy atom. The number of rotatable bonds is 4. The molecule has 2 aliphatic rings. The van der Waals surface area contributed by atoms with Crippen LogP contribution in [0.5, 0.6) is 0 Å². The molecule has 2 rings (SSSR count). The van der Waals surface area contributed by atoms with Crippen molar-refractivity contribution in [3.05, 3.63) is 0 Å². The van der Waals surface area contributed by atoms with E-state index in [4.69, 9.17) is 4.74 Å². The minimum absolute atomic E-state index is 0.770. The number of nitrogens with zero attached hydrogens (tertiary/aromatic N) is 1. The van der Waals surface area contributed by atoms with E-state index in [0.29, 0.717) is 0 Å². The molecule has 3 heteroatoms. The summed E-state index contributed by atoms with van der Waals surface area (Å²) in [5.74, 6) is 0.871. The maximum atomic E-state index is 5.48. The van der Waals surface area contributed by atoms with Gasteiger partial charge in [-0.15, -0.1) is 0 Å². The Hall–Kier alpha value is -0.120. The van der Waals surface area contributed by atoms with Crippen LogP contribution in [0.3, 0.4) is 0 Å². The second-order valence-corrected chi connectivity index (χ2v) is 5.63. The van der Waals surface area contributed by atoms with E-state index in [1.54, 1.807) is 0 Å². The molecule has 0 amide bonds. The van der Waals surface area contributed by atoms with Gasteiger partial charge in [-0.3, -0.25) is 4.90 Å². The lowest BCUT2D eigenvalue weighted by atomic mass is 9.86. The van der Waals surface area contributed by atoms with Crippen LogP contribution in [0.2, 0.25) is 0 Å². The molecule has 1 N–H and O–H groups in total. The van der Waals surface area contributed by atoms with Gasteiger partial charge in [-0.05, 0) is 25.2 Å². The van der Waals surface area contributed by atoms with Crippen LogP contribution in [-0.2, 0) is 4.74 Å². The van der Waals surface area contributed by atoms with Gasteiger partial charge < -0.3 is 10.1 Å². The van der Waals surface area contributed by atoms with Crippen LogP contribution >= 0.6 is 0 Å². The standard InChI is InChI=1S/C14H28N2O/c1-13-5-2-3-6-14(13)15-7-9-16-8-4-11-17-12-10-16/h13-15H,2-12H2,1H3. The minimum Gasteiger partial charge on any atom is -0.380 e. The molecular formula is C14H28N2O. The van der Waals surface area contributed by atoms with Gasteiger partial charge in [0.2, 0.25) is 0 Å². The summed E-state index contributed by atoms with van der Waals surface area (Å²) in [5.41, 5.74) is 0. The van der Waals surface area contributed by atoms with Gasteiger partial charge in [-0.25, -0.2) is 0 Å². The Balaban J connectivity index is 1.60. The van der Waals surface area contributed by atoms with Gasteiger partial charge >= 0.3 is 0 Å². The second kappa shape index (κ2) is 7.34. The lowest BCUT2D eigenvalue weighted by molar-refractivity contribution is 0.141. The predicted octanol–water partition coefficient (Wildman–Crippen LogP) is 1.88. The molecule has 1 aliphatic heterocycles. The quantitative estimate of drug-likeness (QED) is 0.812. The van der Waals surface area contributed by atoms with Crippen molar-refractivity contribution in [1.29, 1.82) is 0 Å². The Morgan fingerprint density at radius 2 is 2.00 bits per heavy atom. The van der Waals surface area contributed by atoms with Crippen molar-refractivity contribution in [3.63, 3.8) is 0 Å². The molecule has 2 fully saturated rings. The van der Waals surface area contributed by atoms with Crippen molar-refractivity contribution in [2.75, 3.05) is 39.4 Å². The lowest BCUT2D eigenvalue weighted by Crippen LogP contribution is -2.42. The summed E-state index contributed by atoms with van der Waals surface area (Å²) >= 11 is 0. The van der Waals surface area contributed by atoms with Crippen molar-refractivity contribution in [1.82, 2.24) is 10.2 Å².